The number of esters is 1. The van der Waals surface area contributed by atoms with Gasteiger partial charge >= 0.3 is 5.97 Å². The molecule has 2 N–H and O–H groups in total. The first-order chi connectivity index (χ1) is 9.56. The molecule has 1 atom stereocenters. The molecule has 0 unspecified atom stereocenters. The molecule has 0 saturated heterocycles. The van der Waals surface area contributed by atoms with Crippen molar-refractivity contribution in [1.29, 1.82) is 0 Å². The summed E-state index contributed by atoms with van der Waals surface area (Å²) in [6.07, 6.45) is 0.706. The maximum atomic E-state index is 11.8. The second-order valence-corrected chi connectivity index (χ2v) is 4.68. The van der Waals surface area contributed by atoms with Crippen molar-refractivity contribution < 1.29 is 14.3 Å². The Morgan fingerprint density at radius 2 is 2.00 bits per heavy atom. The van der Waals surface area contributed by atoms with Crippen molar-refractivity contribution in [2.24, 2.45) is 0 Å². The fourth-order valence-electron chi connectivity index (χ4n) is 1.75. The highest BCUT2D eigenvalue weighted by Crippen LogP contribution is 2.23. The predicted octanol–water partition coefficient (Wildman–Crippen LogP) is 1.67. The minimum absolute atomic E-state index is 0.0689. The molecule has 0 fully saturated rings. The number of carbonyl (C=O) groups excluding carboxylic acids is 2. The first-order valence-electron chi connectivity index (χ1n) is 6.36. The van der Waals surface area contributed by atoms with Crippen LogP contribution in [-0.4, -0.2) is 32.1 Å². The third kappa shape index (κ3) is 5.19. The number of hydrogen-bond donors (Lipinski definition) is 2. The highest BCUT2D eigenvalue weighted by molar-refractivity contribution is 6.31. The largest absolute Gasteiger partial charge is 0.468 e. The van der Waals surface area contributed by atoms with Crippen molar-refractivity contribution in [2.45, 2.75) is 19.4 Å². The standard InChI is InChI=1S/C14H19ClN2O3/c1-10(18)16-8-5-9-17-13(14(19)20-2)11-6-3-4-7-12(11)15/h3-4,6-7,13,17H,5,8-9H2,1-2H3,(H,16,18)/t13-/m1/s1. The third-order valence-electron chi connectivity index (χ3n) is 2.73. The van der Waals surface area contributed by atoms with E-state index in [1.807, 2.05) is 6.07 Å². The zero-order valence-corrected chi connectivity index (χ0v) is 12.4. The van der Waals surface area contributed by atoms with Crippen LogP contribution in [0.15, 0.2) is 24.3 Å². The maximum absolute atomic E-state index is 11.8. The Bertz CT molecular complexity index is 465. The lowest BCUT2D eigenvalue weighted by atomic mass is 10.1. The molecule has 0 aliphatic rings. The molecule has 0 saturated carbocycles. The number of amides is 1. The van der Waals surface area contributed by atoms with Crippen LogP contribution in [0, 0.1) is 0 Å². The molecule has 1 aromatic carbocycles. The number of rotatable bonds is 7. The van der Waals surface area contributed by atoms with Gasteiger partial charge < -0.3 is 15.4 Å². The van der Waals surface area contributed by atoms with Crippen LogP contribution >= 0.6 is 11.6 Å². The van der Waals surface area contributed by atoms with Crippen molar-refractivity contribution in [1.82, 2.24) is 10.6 Å². The monoisotopic (exact) mass is 298 g/mol. The SMILES string of the molecule is COC(=O)[C@H](NCCCNC(C)=O)c1ccccc1Cl. The molecule has 20 heavy (non-hydrogen) atoms. The van der Waals surface area contributed by atoms with Gasteiger partial charge in [0.25, 0.3) is 0 Å². The smallest absolute Gasteiger partial charge is 0.327 e. The molecule has 1 aromatic rings. The summed E-state index contributed by atoms with van der Waals surface area (Å²) in [4.78, 5) is 22.6. The van der Waals surface area contributed by atoms with Crippen LogP contribution < -0.4 is 10.6 Å². The Morgan fingerprint density at radius 1 is 1.30 bits per heavy atom. The fourth-order valence-corrected chi connectivity index (χ4v) is 1.99. The quantitative estimate of drug-likeness (QED) is 0.593. The van der Waals surface area contributed by atoms with Crippen molar-refractivity contribution in [2.75, 3.05) is 20.2 Å². The first-order valence-corrected chi connectivity index (χ1v) is 6.74. The van der Waals surface area contributed by atoms with Crippen LogP contribution in [0.3, 0.4) is 0 Å². The van der Waals surface area contributed by atoms with Crippen molar-refractivity contribution in [3.8, 4) is 0 Å². The number of nitrogens with one attached hydrogen (secondary N) is 2. The number of benzene rings is 1. The summed E-state index contributed by atoms with van der Waals surface area (Å²) in [6.45, 7) is 2.58. The molecule has 0 heterocycles. The van der Waals surface area contributed by atoms with E-state index in [2.05, 4.69) is 10.6 Å². The highest BCUT2D eigenvalue weighted by Gasteiger charge is 2.22. The molecule has 5 nitrogen and oxygen atoms in total. The summed E-state index contributed by atoms with van der Waals surface area (Å²) in [5, 5.41) is 6.29. The van der Waals surface area contributed by atoms with Gasteiger partial charge in [0.1, 0.15) is 6.04 Å². The molecule has 0 aliphatic heterocycles. The van der Waals surface area contributed by atoms with Crippen LogP contribution in [-0.2, 0) is 14.3 Å². The van der Waals surface area contributed by atoms with Gasteiger partial charge in [0.05, 0.1) is 7.11 Å². The highest BCUT2D eigenvalue weighted by atomic mass is 35.5. The summed E-state index contributed by atoms with van der Waals surface area (Å²) in [5.41, 5.74) is 0.681. The lowest BCUT2D eigenvalue weighted by molar-refractivity contribution is -0.143. The van der Waals surface area contributed by atoms with Gasteiger partial charge in [-0.2, -0.15) is 0 Å². The molecule has 6 heteroatoms. The Balaban J connectivity index is 2.60. The summed E-state index contributed by atoms with van der Waals surface area (Å²) >= 11 is 6.10. The normalized spacial score (nSPS) is 11.8. The number of halogens is 1. The third-order valence-corrected chi connectivity index (χ3v) is 3.07. The molecule has 0 radical (unpaired) electrons. The second kappa shape index (κ2) is 8.55. The van der Waals surface area contributed by atoms with Gasteiger partial charge in [-0.15, -0.1) is 0 Å². The van der Waals surface area contributed by atoms with E-state index in [1.165, 1.54) is 14.0 Å². The van der Waals surface area contributed by atoms with Gasteiger partial charge in [0.15, 0.2) is 0 Å². The van der Waals surface area contributed by atoms with Gasteiger partial charge in [-0.3, -0.25) is 4.79 Å². The molecule has 1 amide bonds. The summed E-state index contributed by atoms with van der Waals surface area (Å²) < 4.78 is 4.79. The van der Waals surface area contributed by atoms with Gasteiger partial charge in [-0.05, 0) is 24.6 Å². The van der Waals surface area contributed by atoms with Gasteiger partial charge in [-0.25, -0.2) is 4.79 Å². The zero-order valence-electron chi connectivity index (χ0n) is 11.6. The van der Waals surface area contributed by atoms with E-state index in [4.69, 9.17) is 16.3 Å². The minimum atomic E-state index is -0.606. The average molecular weight is 299 g/mol. The number of hydrogen-bond acceptors (Lipinski definition) is 4. The van der Waals surface area contributed by atoms with E-state index in [9.17, 15) is 9.59 Å². The average Bonchev–Trinajstić information content (AvgIpc) is 2.43. The lowest BCUT2D eigenvalue weighted by Crippen LogP contribution is -2.32. The van der Waals surface area contributed by atoms with E-state index in [-0.39, 0.29) is 5.91 Å². The molecule has 0 spiro atoms. The minimum Gasteiger partial charge on any atom is -0.468 e. The molecule has 110 valence electrons. The molecule has 0 aliphatic carbocycles. The summed E-state index contributed by atoms with van der Waals surface area (Å²) in [7, 11) is 1.34. The Morgan fingerprint density at radius 3 is 2.60 bits per heavy atom. The number of ether oxygens (including phenoxy) is 1. The van der Waals surface area contributed by atoms with Crippen LogP contribution in [0.2, 0.25) is 5.02 Å². The maximum Gasteiger partial charge on any atom is 0.327 e. The van der Waals surface area contributed by atoms with Crippen LogP contribution in [0.5, 0.6) is 0 Å². The molecule has 1 rings (SSSR count). The summed E-state index contributed by atoms with van der Waals surface area (Å²) in [6, 6.07) is 6.52. The van der Waals surface area contributed by atoms with E-state index in [0.717, 1.165) is 0 Å². The number of methoxy groups -OCH3 is 1. The molecule has 0 bridgehead atoms. The van der Waals surface area contributed by atoms with E-state index < -0.39 is 12.0 Å². The molecular weight excluding hydrogens is 280 g/mol. The van der Waals surface area contributed by atoms with Crippen molar-refractivity contribution >= 4 is 23.5 Å². The molecular formula is C14H19ClN2O3. The fraction of sp³-hybridized carbons (Fsp3) is 0.429. The Labute approximate surface area is 123 Å². The van der Waals surface area contributed by atoms with Gasteiger partial charge in [0.2, 0.25) is 5.91 Å². The summed E-state index contributed by atoms with van der Waals surface area (Å²) in [5.74, 6) is -0.460. The Kier molecular flexibility index (Phi) is 7.04. The lowest BCUT2D eigenvalue weighted by Gasteiger charge is -2.18. The van der Waals surface area contributed by atoms with E-state index in [1.54, 1.807) is 18.2 Å². The molecule has 0 aromatic heterocycles. The number of carbonyl (C=O) groups is 2. The van der Waals surface area contributed by atoms with Crippen LogP contribution in [0.4, 0.5) is 0 Å². The van der Waals surface area contributed by atoms with Crippen molar-refractivity contribution in [3.05, 3.63) is 34.9 Å². The van der Waals surface area contributed by atoms with E-state index >= 15 is 0 Å². The van der Waals surface area contributed by atoms with Crippen LogP contribution in [0.25, 0.3) is 0 Å². The van der Waals surface area contributed by atoms with Crippen molar-refractivity contribution in [3.63, 3.8) is 0 Å². The topological polar surface area (TPSA) is 67.4 Å². The Hall–Kier alpha value is -1.59. The second-order valence-electron chi connectivity index (χ2n) is 4.27. The first kappa shape index (κ1) is 16.5. The zero-order chi connectivity index (χ0) is 15.0. The van der Waals surface area contributed by atoms with Gasteiger partial charge in [0, 0.05) is 18.5 Å². The van der Waals surface area contributed by atoms with Crippen LogP contribution in [0.1, 0.15) is 24.9 Å². The van der Waals surface area contributed by atoms with Gasteiger partial charge in [-0.1, -0.05) is 29.8 Å². The predicted molar refractivity (Wildman–Crippen MR) is 77.5 cm³/mol. The van der Waals surface area contributed by atoms with E-state index in [0.29, 0.717) is 30.1 Å².